The number of nitrogens with zero attached hydrogens (tertiary/aromatic N) is 1. The minimum Gasteiger partial charge on any atom is -0.352 e. The highest BCUT2D eigenvalue weighted by Gasteiger charge is 2.30. The predicted octanol–water partition coefficient (Wildman–Crippen LogP) is 1.56. The monoisotopic (exact) mass is 331 g/mol. The summed E-state index contributed by atoms with van der Waals surface area (Å²) in [5.41, 5.74) is 0. The van der Waals surface area contributed by atoms with E-state index in [9.17, 15) is 9.59 Å². The van der Waals surface area contributed by atoms with Crippen molar-refractivity contribution < 1.29 is 9.59 Å². The number of carbonyl (C=O) groups excluding carboxylic acids is 2. The van der Waals surface area contributed by atoms with E-state index in [0.29, 0.717) is 6.54 Å². The first kappa shape index (κ1) is 19.2. The van der Waals surface area contributed by atoms with E-state index in [1.54, 1.807) is 0 Å². The molecular weight excluding hydrogens is 302 g/mol. The van der Waals surface area contributed by atoms with Crippen LogP contribution in [-0.2, 0) is 9.59 Å². The van der Waals surface area contributed by atoms with Crippen molar-refractivity contribution in [2.24, 2.45) is 11.8 Å². The molecule has 6 heteroatoms. The Balaban J connectivity index is 0.00000242. The van der Waals surface area contributed by atoms with Gasteiger partial charge in [-0.3, -0.25) is 9.59 Å². The Kier molecular flexibility index (Phi) is 8.18. The van der Waals surface area contributed by atoms with Gasteiger partial charge in [-0.25, -0.2) is 0 Å². The molecule has 128 valence electrons. The second kappa shape index (κ2) is 9.36. The summed E-state index contributed by atoms with van der Waals surface area (Å²) in [4.78, 5) is 26.6. The van der Waals surface area contributed by atoms with Crippen LogP contribution < -0.4 is 10.6 Å². The fourth-order valence-electron chi connectivity index (χ4n) is 3.17. The van der Waals surface area contributed by atoms with Crippen LogP contribution in [0.5, 0.6) is 0 Å². The molecule has 2 rings (SSSR count). The van der Waals surface area contributed by atoms with E-state index in [1.165, 1.54) is 0 Å². The largest absolute Gasteiger partial charge is 0.352 e. The summed E-state index contributed by atoms with van der Waals surface area (Å²) in [6.07, 6.45) is 4.87. The van der Waals surface area contributed by atoms with Gasteiger partial charge in [0.2, 0.25) is 11.8 Å². The number of carbonyl (C=O) groups is 2. The standard InChI is InChI=1S/C16H29N3O2.ClH/c1-3-12(2)16(21)19-9-5-6-13(11-19)15(20)18-14-7-4-8-17-10-14;/h12-14,17H,3-11H2,1-2H3,(H,18,20);1H/t12?,13?,14-;/m0./s1. The van der Waals surface area contributed by atoms with Crippen molar-refractivity contribution >= 4 is 24.2 Å². The van der Waals surface area contributed by atoms with E-state index in [2.05, 4.69) is 10.6 Å². The van der Waals surface area contributed by atoms with E-state index in [4.69, 9.17) is 0 Å². The molecule has 2 saturated heterocycles. The average Bonchev–Trinajstić information content (AvgIpc) is 2.54. The predicted molar refractivity (Wildman–Crippen MR) is 90.0 cm³/mol. The normalized spacial score (nSPS) is 26.7. The molecule has 2 aliphatic rings. The Morgan fingerprint density at radius 2 is 2.09 bits per heavy atom. The number of likely N-dealkylation sites (tertiary alicyclic amines) is 1. The third-order valence-corrected chi connectivity index (χ3v) is 4.78. The van der Waals surface area contributed by atoms with Crippen LogP contribution in [0, 0.1) is 11.8 Å². The van der Waals surface area contributed by atoms with Crippen LogP contribution in [0.1, 0.15) is 46.0 Å². The van der Waals surface area contributed by atoms with E-state index in [-0.39, 0.29) is 42.1 Å². The molecule has 2 aliphatic heterocycles. The molecule has 5 nitrogen and oxygen atoms in total. The third-order valence-electron chi connectivity index (χ3n) is 4.78. The minimum atomic E-state index is -0.0336. The molecule has 0 aromatic carbocycles. The molecule has 0 spiro atoms. The highest BCUT2D eigenvalue weighted by Crippen LogP contribution is 2.20. The molecule has 3 atom stereocenters. The van der Waals surface area contributed by atoms with Crippen LogP contribution >= 0.6 is 12.4 Å². The summed E-state index contributed by atoms with van der Waals surface area (Å²) in [5.74, 6) is 0.364. The van der Waals surface area contributed by atoms with Crippen molar-refractivity contribution in [2.45, 2.75) is 52.0 Å². The lowest BCUT2D eigenvalue weighted by atomic mass is 9.94. The van der Waals surface area contributed by atoms with E-state index in [1.807, 2.05) is 18.7 Å². The summed E-state index contributed by atoms with van der Waals surface area (Å²) in [6, 6.07) is 0.256. The van der Waals surface area contributed by atoms with Crippen LogP contribution in [0.2, 0.25) is 0 Å². The average molecular weight is 332 g/mol. The van der Waals surface area contributed by atoms with Crippen molar-refractivity contribution in [2.75, 3.05) is 26.2 Å². The lowest BCUT2D eigenvalue weighted by Gasteiger charge is -2.34. The number of amides is 2. The number of hydrogen-bond acceptors (Lipinski definition) is 3. The summed E-state index contributed by atoms with van der Waals surface area (Å²) in [6.45, 7) is 7.32. The van der Waals surface area contributed by atoms with E-state index < -0.39 is 0 Å². The zero-order chi connectivity index (χ0) is 15.2. The third kappa shape index (κ3) is 5.13. The van der Waals surface area contributed by atoms with E-state index >= 15 is 0 Å². The Labute approximate surface area is 140 Å². The van der Waals surface area contributed by atoms with Crippen LogP contribution in [-0.4, -0.2) is 48.9 Å². The van der Waals surface area contributed by atoms with Gasteiger partial charge in [-0.2, -0.15) is 0 Å². The molecule has 2 heterocycles. The zero-order valence-electron chi connectivity index (χ0n) is 13.8. The van der Waals surface area contributed by atoms with Gasteiger partial charge in [-0.05, 0) is 38.6 Å². The lowest BCUT2D eigenvalue weighted by molar-refractivity contribution is -0.139. The highest BCUT2D eigenvalue weighted by atomic mass is 35.5. The second-order valence-electron chi connectivity index (χ2n) is 6.48. The maximum atomic E-state index is 12.4. The van der Waals surface area contributed by atoms with Crippen molar-refractivity contribution in [3.8, 4) is 0 Å². The number of nitrogens with one attached hydrogen (secondary N) is 2. The molecule has 0 saturated carbocycles. The molecular formula is C16H30ClN3O2. The molecule has 0 radical (unpaired) electrons. The quantitative estimate of drug-likeness (QED) is 0.822. The van der Waals surface area contributed by atoms with Gasteiger partial charge < -0.3 is 15.5 Å². The maximum absolute atomic E-state index is 12.4. The zero-order valence-corrected chi connectivity index (χ0v) is 14.6. The van der Waals surface area contributed by atoms with Crippen molar-refractivity contribution in [1.29, 1.82) is 0 Å². The molecule has 0 bridgehead atoms. The number of piperidine rings is 2. The van der Waals surface area contributed by atoms with Crippen LogP contribution in [0.3, 0.4) is 0 Å². The van der Waals surface area contributed by atoms with Crippen LogP contribution in [0.15, 0.2) is 0 Å². The first-order valence-corrected chi connectivity index (χ1v) is 8.41. The molecule has 0 aromatic heterocycles. The second-order valence-corrected chi connectivity index (χ2v) is 6.48. The molecule has 22 heavy (non-hydrogen) atoms. The van der Waals surface area contributed by atoms with Gasteiger partial charge in [-0.15, -0.1) is 12.4 Å². The first-order valence-electron chi connectivity index (χ1n) is 8.41. The Morgan fingerprint density at radius 3 is 2.73 bits per heavy atom. The summed E-state index contributed by atoms with van der Waals surface area (Å²) in [5, 5.41) is 6.47. The Hall–Kier alpha value is -0.810. The van der Waals surface area contributed by atoms with Crippen molar-refractivity contribution in [1.82, 2.24) is 15.5 Å². The minimum absolute atomic E-state index is 0. The number of rotatable bonds is 4. The number of hydrogen-bond donors (Lipinski definition) is 2. The fraction of sp³-hybridized carbons (Fsp3) is 0.875. The van der Waals surface area contributed by atoms with Gasteiger partial charge in [0.15, 0.2) is 0 Å². The molecule has 0 aromatic rings. The van der Waals surface area contributed by atoms with Gasteiger partial charge in [0.25, 0.3) is 0 Å². The van der Waals surface area contributed by atoms with Gasteiger partial charge in [0.05, 0.1) is 5.92 Å². The smallest absolute Gasteiger partial charge is 0.225 e. The lowest BCUT2D eigenvalue weighted by Crippen LogP contribution is -2.51. The molecule has 2 N–H and O–H groups in total. The van der Waals surface area contributed by atoms with Crippen LogP contribution in [0.4, 0.5) is 0 Å². The summed E-state index contributed by atoms with van der Waals surface area (Å²) >= 11 is 0. The molecule has 2 amide bonds. The van der Waals surface area contributed by atoms with E-state index in [0.717, 1.165) is 51.7 Å². The molecule has 0 aliphatic carbocycles. The summed E-state index contributed by atoms with van der Waals surface area (Å²) in [7, 11) is 0. The van der Waals surface area contributed by atoms with Gasteiger partial charge >= 0.3 is 0 Å². The molecule has 2 fully saturated rings. The molecule has 2 unspecified atom stereocenters. The number of halogens is 1. The highest BCUT2D eigenvalue weighted by molar-refractivity contribution is 5.85. The van der Waals surface area contributed by atoms with Gasteiger partial charge in [-0.1, -0.05) is 13.8 Å². The van der Waals surface area contributed by atoms with Crippen LogP contribution in [0.25, 0.3) is 0 Å². The SMILES string of the molecule is CCC(C)C(=O)N1CCCC(C(=O)N[C@H]2CCCNC2)C1.Cl. The van der Waals surface area contributed by atoms with Gasteiger partial charge in [0.1, 0.15) is 0 Å². The van der Waals surface area contributed by atoms with Crippen molar-refractivity contribution in [3.63, 3.8) is 0 Å². The first-order chi connectivity index (χ1) is 10.1. The topological polar surface area (TPSA) is 61.4 Å². The fourth-order valence-corrected chi connectivity index (χ4v) is 3.17. The Bertz CT molecular complexity index is 372. The van der Waals surface area contributed by atoms with Crippen molar-refractivity contribution in [3.05, 3.63) is 0 Å². The van der Waals surface area contributed by atoms with Gasteiger partial charge in [0, 0.05) is 31.6 Å². The summed E-state index contributed by atoms with van der Waals surface area (Å²) < 4.78 is 0. The Morgan fingerprint density at radius 1 is 1.32 bits per heavy atom. The maximum Gasteiger partial charge on any atom is 0.225 e.